The number of hydrogen-bond acceptors (Lipinski definition) is 4. The Morgan fingerprint density at radius 1 is 1.19 bits per heavy atom. The molecule has 6 nitrogen and oxygen atoms in total. The number of nitrogens with one attached hydrogen (secondary N) is 1. The number of nitrogens with zero attached hydrogens (tertiary/aromatic N) is 3. The van der Waals surface area contributed by atoms with Crippen LogP contribution in [0, 0.1) is 0 Å². The zero-order chi connectivity index (χ0) is 18.6. The standard InChI is InChI=1S/C21H26N4O2/c26-19-5-4-18-13-17(14-22-21(18)23-19)3-6-20(27)25-11-7-16(8-12-25)15-24-9-1-2-10-24/h3,6-7,13-14H,1-2,4-5,8-12,15H2,(H,22,23,26). The van der Waals surface area contributed by atoms with E-state index in [9.17, 15) is 9.59 Å². The van der Waals surface area contributed by atoms with Gasteiger partial charge in [-0.25, -0.2) is 4.98 Å². The van der Waals surface area contributed by atoms with E-state index in [1.807, 2.05) is 17.0 Å². The Morgan fingerprint density at radius 2 is 2.04 bits per heavy atom. The fraction of sp³-hybridized carbons (Fsp3) is 0.476. The molecule has 0 aromatic carbocycles. The Morgan fingerprint density at radius 3 is 2.81 bits per heavy atom. The summed E-state index contributed by atoms with van der Waals surface area (Å²) in [5, 5.41) is 2.77. The van der Waals surface area contributed by atoms with Gasteiger partial charge in [-0.2, -0.15) is 0 Å². The number of carbonyl (C=O) groups is 2. The SMILES string of the molecule is O=C1CCc2cc(C=CC(=O)N3CC=C(CN4CCCC4)CC3)cnc2N1. The van der Waals surface area contributed by atoms with E-state index in [0.29, 0.717) is 25.2 Å². The van der Waals surface area contributed by atoms with Crippen LogP contribution in [0.1, 0.15) is 36.8 Å². The number of likely N-dealkylation sites (tertiary alicyclic amines) is 1. The fourth-order valence-electron chi connectivity index (χ4n) is 3.92. The molecule has 3 aliphatic rings. The number of carbonyl (C=O) groups excluding carboxylic acids is 2. The first-order valence-corrected chi connectivity index (χ1v) is 9.83. The van der Waals surface area contributed by atoms with Crippen LogP contribution in [0.15, 0.2) is 30.0 Å². The van der Waals surface area contributed by atoms with Crippen LogP contribution in [0.4, 0.5) is 5.82 Å². The van der Waals surface area contributed by atoms with Gasteiger partial charge in [0.25, 0.3) is 0 Å². The molecule has 0 atom stereocenters. The van der Waals surface area contributed by atoms with Crippen LogP contribution >= 0.6 is 0 Å². The van der Waals surface area contributed by atoms with Gasteiger partial charge in [-0.05, 0) is 62.0 Å². The summed E-state index contributed by atoms with van der Waals surface area (Å²) < 4.78 is 0. The molecule has 4 rings (SSSR count). The minimum Gasteiger partial charge on any atom is -0.335 e. The van der Waals surface area contributed by atoms with E-state index >= 15 is 0 Å². The monoisotopic (exact) mass is 366 g/mol. The molecule has 1 fully saturated rings. The minimum absolute atomic E-state index is 0.00993. The molecule has 1 N–H and O–H groups in total. The van der Waals surface area contributed by atoms with Gasteiger partial charge in [-0.3, -0.25) is 14.5 Å². The molecular formula is C21H26N4O2. The third-order valence-electron chi connectivity index (χ3n) is 5.53. The van der Waals surface area contributed by atoms with Crippen molar-refractivity contribution in [2.45, 2.75) is 32.1 Å². The lowest BCUT2D eigenvalue weighted by atomic mass is 10.0. The molecule has 0 unspecified atom stereocenters. The van der Waals surface area contributed by atoms with E-state index in [1.165, 1.54) is 31.5 Å². The predicted octanol–water partition coefficient (Wildman–Crippen LogP) is 2.23. The highest BCUT2D eigenvalue weighted by atomic mass is 16.2. The van der Waals surface area contributed by atoms with Crippen LogP contribution < -0.4 is 5.32 Å². The Balaban J connectivity index is 1.32. The Hall–Kier alpha value is -2.47. The van der Waals surface area contributed by atoms with Crippen LogP contribution in [0.3, 0.4) is 0 Å². The lowest BCUT2D eigenvalue weighted by molar-refractivity contribution is -0.125. The average Bonchev–Trinajstić information content (AvgIpc) is 3.19. The molecule has 0 spiro atoms. The van der Waals surface area contributed by atoms with Crippen molar-refractivity contribution in [3.8, 4) is 0 Å². The number of fused-ring (bicyclic) bond motifs is 1. The molecular weight excluding hydrogens is 340 g/mol. The van der Waals surface area contributed by atoms with Gasteiger partial charge in [0.15, 0.2) is 0 Å². The number of rotatable bonds is 4. The van der Waals surface area contributed by atoms with E-state index in [4.69, 9.17) is 0 Å². The van der Waals surface area contributed by atoms with Crippen LogP contribution in [-0.4, -0.2) is 59.3 Å². The summed E-state index contributed by atoms with van der Waals surface area (Å²) in [4.78, 5) is 32.6. The van der Waals surface area contributed by atoms with Crippen molar-refractivity contribution in [2.24, 2.45) is 0 Å². The largest absolute Gasteiger partial charge is 0.335 e. The zero-order valence-electron chi connectivity index (χ0n) is 15.6. The molecule has 1 aromatic rings. The van der Waals surface area contributed by atoms with E-state index in [2.05, 4.69) is 21.3 Å². The third-order valence-corrected chi connectivity index (χ3v) is 5.53. The van der Waals surface area contributed by atoms with Crippen molar-refractivity contribution in [1.29, 1.82) is 0 Å². The maximum Gasteiger partial charge on any atom is 0.246 e. The summed E-state index contributed by atoms with van der Waals surface area (Å²) in [7, 11) is 0. The van der Waals surface area contributed by atoms with Crippen LogP contribution in [0.2, 0.25) is 0 Å². The fourth-order valence-corrected chi connectivity index (χ4v) is 3.92. The normalized spacial score (nSPS) is 20.5. The molecule has 0 bridgehead atoms. The summed E-state index contributed by atoms with van der Waals surface area (Å²) in [6, 6.07) is 2.00. The molecule has 4 heterocycles. The molecule has 142 valence electrons. The summed E-state index contributed by atoms with van der Waals surface area (Å²) >= 11 is 0. The lowest BCUT2D eigenvalue weighted by Crippen LogP contribution is -2.35. The van der Waals surface area contributed by atoms with Gasteiger partial charge >= 0.3 is 0 Å². The molecule has 0 radical (unpaired) electrons. The third kappa shape index (κ3) is 4.45. The van der Waals surface area contributed by atoms with E-state index < -0.39 is 0 Å². The molecule has 3 aliphatic heterocycles. The first kappa shape index (κ1) is 17.9. The van der Waals surface area contributed by atoms with Crippen molar-refractivity contribution in [1.82, 2.24) is 14.8 Å². The molecule has 6 heteroatoms. The van der Waals surface area contributed by atoms with Crippen molar-refractivity contribution in [2.75, 3.05) is 38.0 Å². The number of hydrogen-bond donors (Lipinski definition) is 1. The minimum atomic E-state index is 0.00993. The molecule has 0 aliphatic carbocycles. The van der Waals surface area contributed by atoms with Crippen molar-refractivity contribution < 1.29 is 9.59 Å². The highest BCUT2D eigenvalue weighted by molar-refractivity contribution is 5.94. The molecule has 1 aromatic heterocycles. The van der Waals surface area contributed by atoms with Gasteiger partial charge in [-0.15, -0.1) is 0 Å². The Kier molecular flexibility index (Phi) is 5.34. The van der Waals surface area contributed by atoms with Crippen molar-refractivity contribution in [3.63, 3.8) is 0 Å². The first-order chi connectivity index (χ1) is 13.2. The van der Waals surface area contributed by atoms with Gasteiger partial charge in [0.05, 0.1) is 0 Å². The van der Waals surface area contributed by atoms with Gasteiger partial charge < -0.3 is 10.2 Å². The average molecular weight is 366 g/mol. The highest BCUT2D eigenvalue weighted by Crippen LogP contribution is 2.21. The number of aryl methyl sites for hydroxylation is 1. The van der Waals surface area contributed by atoms with Crippen LogP contribution in [-0.2, 0) is 16.0 Å². The van der Waals surface area contributed by atoms with Gasteiger partial charge in [0.2, 0.25) is 11.8 Å². The molecule has 27 heavy (non-hydrogen) atoms. The number of anilines is 1. The summed E-state index contributed by atoms with van der Waals surface area (Å²) in [5.74, 6) is 0.689. The smallest absolute Gasteiger partial charge is 0.246 e. The van der Waals surface area contributed by atoms with Crippen molar-refractivity contribution >= 4 is 23.7 Å². The van der Waals surface area contributed by atoms with Gasteiger partial charge in [-0.1, -0.05) is 11.6 Å². The second-order valence-electron chi connectivity index (χ2n) is 7.54. The van der Waals surface area contributed by atoms with Crippen LogP contribution in [0.25, 0.3) is 6.08 Å². The number of aromatic nitrogens is 1. The summed E-state index contributed by atoms with van der Waals surface area (Å²) in [6.45, 7) is 4.97. The Bertz CT molecular complexity index is 793. The van der Waals surface area contributed by atoms with E-state index in [-0.39, 0.29) is 11.8 Å². The van der Waals surface area contributed by atoms with E-state index in [0.717, 1.165) is 30.6 Å². The summed E-state index contributed by atoms with van der Waals surface area (Å²) in [5.41, 5.74) is 3.38. The second-order valence-corrected chi connectivity index (χ2v) is 7.54. The topological polar surface area (TPSA) is 65.5 Å². The molecule has 0 saturated carbocycles. The maximum absolute atomic E-state index is 12.5. The predicted molar refractivity (Wildman–Crippen MR) is 105 cm³/mol. The first-order valence-electron chi connectivity index (χ1n) is 9.83. The lowest BCUT2D eigenvalue weighted by Gasteiger charge is -2.27. The second kappa shape index (κ2) is 8.05. The number of amides is 2. The Labute approximate surface area is 159 Å². The molecule has 1 saturated heterocycles. The van der Waals surface area contributed by atoms with Crippen LogP contribution in [0.5, 0.6) is 0 Å². The van der Waals surface area contributed by atoms with Gasteiger partial charge in [0.1, 0.15) is 5.82 Å². The maximum atomic E-state index is 12.5. The molecule has 2 amide bonds. The highest BCUT2D eigenvalue weighted by Gasteiger charge is 2.19. The van der Waals surface area contributed by atoms with E-state index in [1.54, 1.807) is 12.3 Å². The summed E-state index contributed by atoms with van der Waals surface area (Å²) in [6.07, 6.45) is 12.1. The quantitative estimate of drug-likeness (QED) is 0.656. The van der Waals surface area contributed by atoms with Gasteiger partial charge in [0, 0.05) is 38.3 Å². The van der Waals surface area contributed by atoms with Crippen molar-refractivity contribution in [3.05, 3.63) is 41.1 Å². The zero-order valence-corrected chi connectivity index (χ0v) is 15.6. The number of pyridine rings is 1.